The predicted molar refractivity (Wildman–Crippen MR) is 96.6 cm³/mol. The molecule has 8 heteroatoms. The predicted octanol–water partition coefficient (Wildman–Crippen LogP) is 4.98. The van der Waals surface area contributed by atoms with Gasteiger partial charge in [-0.2, -0.15) is 9.49 Å². The van der Waals surface area contributed by atoms with Crippen molar-refractivity contribution < 1.29 is 8.78 Å². The molecule has 0 atom stereocenters. The van der Waals surface area contributed by atoms with E-state index in [0.29, 0.717) is 34.4 Å². The monoisotopic (exact) mass is 369 g/mol. The van der Waals surface area contributed by atoms with Gasteiger partial charge in [0, 0.05) is 22.8 Å². The minimum absolute atomic E-state index is 0.0179. The average Bonchev–Trinajstić information content (AvgIpc) is 3.30. The third-order valence-corrected chi connectivity index (χ3v) is 5.11. The van der Waals surface area contributed by atoms with E-state index in [1.807, 2.05) is 24.3 Å². The molecule has 0 unspecified atom stereocenters. The van der Waals surface area contributed by atoms with Crippen molar-refractivity contribution in [2.45, 2.75) is 18.8 Å². The van der Waals surface area contributed by atoms with Crippen molar-refractivity contribution in [2.24, 2.45) is 0 Å². The summed E-state index contributed by atoms with van der Waals surface area (Å²) in [5, 5.41) is 11.7. The summed E-state index contributed by atoms with van der Waals surface area (Å²) in [6.45, 7) is 0. The quantitative estimate of drug-likeness (QED) is 0.532. The molecule has 0 bridgehead atoms. The van der Waals surface area contributed by atoms with E-state index in [1.165, 1.54) is 0 Å². The highest BCUT2D eigenvalue weighted by Crippen LogP contribution is 2.40. The number of fused-ring (bicyclic) bond motifs is 1. The van der Waals surface area contributed by atoms with Gasteiger partial charge < -0.3 is 5.32 Å². The Kier molecular flexibility index (Phi) is 3.46. The van der Waals surface area contributed by atoms with Crippen molar-refractivity contribution in [1.82, 2.24) is 20.2 Å². The summed E-state index contributed by atoms with van der Waals surface area (Å²) >= 11 is 0.696. The van der Waals surface area contributed by atoms with Crippen molar-refractivity contribution in [3.63, 3.8) is 0 Å². The second-order valence-electron chi connectivity index (χ2n) is 6.25. The molecule has 1 fully saturated rings. The number of anilines is 2. The van der Waals surface area contributed by atoms with E-state index in [4.69, 9.17) is 0 Å². The number of thiophene rings is 1. The zero-order valence-electron chi connectivity index (χ0n) is 13.5. The number of benzene rings is 1. The second-order valence-corrected chi connectivity index (χ2v) is 7.08. The first-order valence-electron chi connectivity index (χ1n) is 8.21. The summed E-state index contributed by atoms with van der Waals surface area (Å²) in [7, 11) is 0. The van der Waals surface area contributed by atoms with Crippen LogP contribution in [-0.4, -0.2) is 20.2 Å². The van der Waals surface area contributed by atoms with Crippen LogP contribution < -0.4 is 5.32 Å². The number of H-pyrrole nitrogens is 1. The summed E-state index contributed by atoms with van der Waals surface area (Å²) in [5.74, 6) is 1.04. The molecule has 4 aromatic rings. The molecule has 130 valence electrons. The Bertz CT molecular complexity index is 1100. The number of rotatable bonds is 4. The highest BCUT2D eigenvalue weighted by Gasteiger charge is 2.26. The van der Waals surface area contributed by atoms with Crippen molar-refractivity contribution in [2.75, 3.05) is 5.32 Å². The van der Waals surface area contributed by atoms with Gasteiger partial charge in [0.25, 0.3) is 0 Å². The van der Waals surface area contributed by atoms with Crippen molar-refractivity contribution in [3.8, 4) is 11.4 Å². The lowest BCUT2D eigenvalue weighted by atomic mass is 10.2. The number of hydrogen-bond donors (Lipinski definition) is 2. The molecule has 2 N–H and O–H groups in total. The van der Waals surface area contributed by atoms with Crippen LogP contribution in [0.5, 0.6) is 0 Å². The van der Waals surface area contributed by atoms with Crippen LogP contribution in [0.25, 0.3) is 22.3 Å². The lowest BCUT2D eigenvalue weighted by Crippen LogP contribution is -2.00. The first-order chi connectivity index (χ1) is 12.7. The molecule has 0 aliphatic heterocycles. The second kappa shape index (κ2) is 5.84. The molecule has 5 nitrogen and oxygen atoms in total. The highest BCUT2D eigenvalue weighted by molar-refractivity contribution is 7.08. The minimum Gasteiger partial charge on any atom is -0.325 e. The van der Waals surface area contributed by atoms with Gasteiger partial charge in [0.15, 0.2) is 11.0 Å². The van der Waals surface area contributed by atoms with Crippen LogP contribution >= 0.6 is 11.3 Å². The summed E-state index contributed by atoms with van der Waals surface area (Å²) in [6, 6.07) is 9.28. The zero-order chi connectivity index (χ0) is 17.7. The number of halogens is 2. The van der Waals surface area contributed by atoms with Gasteiger partial charge in [0.05, 0.1) is 11.2 Å². The summed E-state index contributed by atoms with van der Waals surface area (Å²) in [6.07, 6.45) is 2.31. The van der Waals surface area contributed by atoms with E-state index in [-0.39, 0.29) is 11.4 Å². The van der Waals surface area contributed by atoms with Crippen LogP contribution in [0.15, 0.2) is 35.7 Å². The lowest BCUT2D eigenvalue weighted by molar-refractivity contribution is 0.613. The van der Waals surface area contributed by atoms with Crippen LogP contribution in [0.2, 0.25) is 0 Å². The van der Waals surface area contributed by atoms with Crippen molar-refractivity contribution in [1.29, 1.82) is 0 Å². The Morgan fingerprint density at radius 3 is 2.77 bits per heavy atom. The smallest absolute Gasteiger partial charge is 0.190 e. The maximum Gasteiger partial charge on any atom is 0.190 e. The highest BCUT2D eigenvalue weighted by atomic mass is 32.1. The first-order valence-corrected chi connectivity index (χ1v) is 9.09. The van der Waals surface area contributed by atoms with Gasteiger partial charge in [-0.25, -0.2) is 14.4 Å². The molecule has 0 saturated heterocycles. The van der Waals surface area contributed by atoms with E-state index in [9.17, 15) is 8.78 Å². The Morgan fingerprint density at radius 2 is 2.00 bits per heavy atom. The molecule has 1 aromatic carbocycles. The molecule has 0 radical (unpaired) electrons. The van der Waals surface area contributed by atoms with Crippen molar-refractivity contribution in [3.05, 3.63) is 52.4 Å². The normalized spacial score (nSPS) is 14.1. The average molecular weight is 369 g/mol. The van der Waals surface area contributed by atoms with Gasteiger partial charge in [-0.05, 0) is 25.0 Å². The molecule has 1 saturated carbocycles. The number of para-hydroxylation sites is 1. The number of hydrogen-bond acceptors (Lipinski definition) is 5. The first kappa shape index (κ1) is 15.4. The van der Waals surface area contributed by atoms with E-state index in [2.05, 4.69) is 25.5 Å². The maximum atomic E-state index is 14.0. The molecular formula is C18H13F2N5S. The van der Waals surface area contributed by atoms with Gasteiger partial charge in [-0.1, -0.05) is 12.1 Å². The van der Waals surface area contributed by atoms with E-state index in [0.717, 1.165) is 29.3 Å². The third kappa shape index (κ3) is 2.62. The van der Waals surface area contributed by atoms with Gasteiger partial charge in [-0.15, -0.1) is 11.3 Å². The Labute approximate surface area is 151 Å². The summed E-state index contributed by atoms with van der Waals surface area (Å²) in [5.41, 5.74) is 1.42. The number of aromatic amines is 1. The fraction of sp³-hybridized carbons (Fsp3) is 0.167. The molecule has 1 aliphatic carbocycles. The van der Waals surface area contributed by atoms with Crippen LogP contribution in [0, 0.1) is 10.9 Å². The molecular weight excluding hydrogens is 356 g/mol. The summed E-state index contributed by atoms with van der Waals surface area (Å²) in [4.78, 5) is 8.72. The molecule has 5 rings (SSSR count). The molecule has 0 spiro atoms. The molecule has 1 aliphatic rings. The number of nitrogens with zero attached hydrogens (tertiary/aromatic N) is 3. The largest absolute Gasteiger partial charge is 0.325 e. The van der Waals surface area contributed by atoms with Crippen LogP contribution in [0.4, 0.5) is 20.4 Å². The molecule has 3 heterocycles. The SMILES string of the molecule is Fc1csc(F)c1-c1nc(Nc2cc(C3CC3)n[nH]2)c2ccccc2n1. The standard InChI is InChI=1S/C18H13F2N5S/c19-11-8-26-16(20)15(11)18-21-12-4-2-1-3-10(12)17(23-18)22-14-7-13(24-25-14)9-5-6-9/h1-4,7-9H,5-6H2,(H2,21,22,23,24,25). The van der Waals surface area contributed by atoms with Gasteiger partial charge >= 0.3 is 0 Å². The molecule has 3 aromatic heterocycles. The fourth-order valence-electron chi connectivity index (χ4n) is 2.91. The maximum absolute atomic E-state index is 14.0. The van der Waals surface area contributed by atoms with E-state index in [1.54, 1.807) is 6.07 Å². The number of aromatic nitrogens is 4. The third-order valence-electron chi connectivity index (χ3n) is 4.37. The minimum atomic E-state index is -0.661. The fourth-order valence-corrected chi connectivity index (χ4v) is 3.54. The molecule has 26 heavy (non-hydrogen) atoms. The summed E-state index contributed by atoms with van der Waals surface area (Å²) < 4.78 is 28.0. The van der Waals surface area contributed by atoms with E-state index >= 15 is 0 Å². The lowest BCUT2D eigenvalue weighted by Gasteiger charge is -2.09. The van der Waals surface area contributed by atoms with Crippen molar-refractivity contribution >= 4 is 33.9 Å². The van der Waals surface area contributed by atoms with E-state index < -0.39 is 10.9 Å². The number of nitrogens with one attached hydrogen (secondary N) is 2. The van der Waals surface area contributed by atoms with Gasteiger partial charge in [0.2, 0.25) is 0 Å². The Morgan fingerprint density at radius 1 is 1.15 bits per heavy atom. The van der Waals surface area contributed by atoms with Gasteiger partial charge in [-0.3, -0.25) is 5.10 Å². The molecule has 0 amide bonds. The van der Waals surface area contributed by atoms with Crippen LogP contribution in [0.1, 0.15) is 24.5 Å². The Balaban J connectivity index is 1.62. The van der Waals surface area contributed by atoms with Crippen LogP contribution in [0.3, 0.4) is 0 Å². The van der Waals surface area contributed by atoms with Gasteiger partial charge in [0.1, 0.15) is 23.0 Å². The van der Waals surface area contributed by atoms with Crippen LogP contribution in [-0.2, 0) is 0 Å². The zero-order valence-corrected chi connectivity index (χ0v) is 14.3. The Hall–Kier alpha value is -2.87. The topological polar surface area (TPSA) is 66.5 Å².